The molecule has 3 N–H and O–H groups in total. The van der Waals surface area contributed by atoms with Crippen molar-refractivity contribution in [3.63, 3.8) is 0 Å². The SMILES string of the molecule is CCCNC(=O)CC1CCC(N)CC1. The number of nitrogens with two attached hydrogens (primary N) is 1. The zero-order chi connectivity index (χ0) is 10.4. The Labute approximate surface area is 86.4 Å². The van der Waals surface area contributed by atoms with Crippen LogP contribution in [-0.4, -0.2) is 18.5 Å². The predicted octanol–water partition coefficient (Wildman–Crippen LogP) is 1.42. The van der Waals surface area contributed by atoms with Gasteiger partial charge in [0.15, 0.2) is 0 Å². The van der Waals surface area contributed by atoms with E-state index in [1.807, 2.05) is 0 Å². The molecule has 82 valence electrons. The molecule has 0 radical (unpaired) electrons. The minimum absolute atomic E-state index is 0.215. The van der Waals surface area contributed by atoms with Crippen molar-refractivity contribution in [2.75, 3.05) is 6.54 Å². The fourth-order valence-corrected chi connectivity index (χ4v) is 1.99. The zero-order valence-electron chi connectivity index (χ0n) is 9.09. The first-order chi connectivity index (χ1) is 6.72. The number of amides is 1. The van der Waals surface area contributed by atoms with E-state index in [1.165, 1.54) is 0 Å². The van der Waals surface area contributed by atoms with Gasteiger partial charge in [0.25, 0.3) is 0 Å². The van der Waals surface area contributed by atoms with Crippen LogP contribution in [0.2, 0.25) is 0 Å². The van der Waals surface area contributed by atoms with E-state index in [0.717, 1.165) is 38.6 Å². The quantitative estimate of drug-likeness (QED) is 0.718. The van der Waals surface area contributed by atoms with Crippen LogP contribution in [-0.2, 0) is 4.79 Å². The first kappa shape index (κ1) is 11.5. The number of hydrogen-bond donors (Lipinski definition) is 2. The van der Waals surface area contributed by atoms with Crippen molar-refractivity contribution >= 4 is 5.91 Å². The monoisotopic (exact) mass is 198 g/mol. The molecule has 0 aromatic heterocycles. The number of nitrogens with one attached hydrogen (secondary N) is 1. The summed E-state index contributed by atoms with van der Waals surface area (Å²) < 4.78 is 0. The number of rotatable bonds is 4. The van der Waals surface area contributed by atoms with Gasteiger partial charge in [-0.15, -0.1) is 0 Å². The van der Waals surface area contributed by atoms with Gasteiger partial charge in [-0.05, 0) is 38.0 Å². The molecule has 3 heteroatoms. The van der Waals surface area contributed by atoms with Crippen LogP contribution in [0.1, 0.15) is 45.4 Å². The van der Waals surface area contributed by atoms with Gasteiger partial charge in [-0.1, -0.05) is 6.92 Å². The highest BCUT2D eigenvalue weighted by atomic mass is 16.1. The summed E-state index contributed by atoms with van der Waals surface area (Å²) in [4.78, 5) is 11.4. The minimum Gasteiger partial charge on any atom is -0.356 e. The predicted molar refractivity (Wildman–Crippen MR) is 57.9 cm³/mol. The van der Waals surface area contributed by atoms with Gasteiger partial charge in [-0.25, -0.2) is 0 Å². The summed E-state index contributed by atoms with van der Waals surface area (Å²) in [6, 6.07) is 0.380. The summed E-state index contributed by atoms with van der Waals surface area (Å²) in [5, 5.41) is 2.92. The molecule has 0 atom stereocenters. The Morgan fingerprint density at radius 2 is 2.00 bits per heavy atom. The molecule has 1 aliphatic rings. The van der Waals surface area contributed by atoms with Gasteiger partial charge >= 0.3 is 0 Å². The lowest BCUT2D eigenvalue weighted by Gasteiger charge is -2.25. The van der Waals surface area contributed by atoms with Gasteiger partial charge in [-0.2, -0.15) is 0 Å². The van der Waals surface area contributed by atoms with Crippen molar-refractivity contribution in [1.29, 1.82) is 0 Å². The third-order valence-electron chi connectivity index (χ3n) is 2.94. The molecule has 0 unspecified atom stereocenters. The van der Waals surface area contributed by atoms with Crippen LogP contribution in [0.25, 0.3) is 0 Å². The van der Waals surface area contributed by atoms with Gasteiger partial charge in [0.05, 0.1) is 0 Å². The Balaban J connectivity index is 2.14. The fraction of sp³-hybridized carbons (Fsp3) is 0.909. The average Bonchev–Trinajstić information content (AvgIpc) is 2.18. The highest BCUT2D eigenvalue weighted by Crippen LogP contribution is 2.25. The van der Waals surface area contributed by atoms with Gasteiger partial charge in [0, 0.05) is 19.0 Å². The molecule has 1 amide bonds. The Morgan fingerprint density at radius 1 is 1.36 bits per heavy atom. The number of carbonyl (C=O) groups excluding carboxylic acids is 1. The van der Waals surface area contributed by atoms with Gasteiger partial charge in [0.2, 0.25) is 5.91 Å². The van der Waals surface area contributed by atoms with Crippen LogP contribution in [0.15, 0.2) is 0 Å². The molecule has 1 fully saturated rings. The molecule has 1 rings (SSSR count). The van der Waals surface area contributed by atoms with Crippen LogP contribution < -0.4 is 11.1 Å². The Morgan fingerprint density at radius 3 is 2.57 bits per heavy atom. The average molecular weight is 198 g/mol. The summed E-state index contributed by atoms with van der Waals surface area (Å²) in [6.07, 6.45) is 6.15. The molecule has 0 aromatic carbocycles. The lowest BCUT2D eigenvalue weighted by molar-refractivity contribution is -0.122. The van der Waals surface area contributed by atoms with Crippen LogP contribution in [0.5, 0.6) is 0 Å². The van der Waals surface area contributed by atoms with Crippen molar-refractivity contribution in [3.05, 3.63) is 0 Å². The van der Waals surface area contributed by atoms with Crippen LogP contribution in [0.3, 0.4) is 0 Å². The van der Waals surface area contributed by atoms with E-state index in [9.17, 15) is 4.79 Å². The van der Waals surface area contributed by atoms with Crippen LogP contribution in [0.4, 0.5) is 0 Å². The molecule has 3 nitrogen and oxygen atoms in total. The van der Waals surface area contributed by atoms with Crippen molar-refractivity contribution in [1.82, 2.24) is 5.32 Å². The molecule has 0 heterocycles. The number of hydrogen-bond acceptors (Lipinski definition) is 2. The highest BCUT2D eigenvalue weighted by Gasteiger charge is 2.20. The minimum atomic E-state index is 0.215. The van der Waals surface area contributed by atoms with E-state index in [1.54, 1.807) is 0 Å². The van der Waals surface area contributed by atoms with Crippen molar-refractivity contribution in [2.45, 2.75) is 51.5 Å². The first-order valence-corrected chi connectivity index (χ1v) is 5.74. The zero-order valence-corrected chi connectivity index (χ0v) is 9.09. The second-order valence-electron chi connectivity index (χ2n) is 4.33. The summed E-state index contributed by atoms with van der Waals surface area (Å²) in [5.41, 5.74) is 5.81. The summed E-state index contributed by atoms with van der Waals surface area (Å²) in [6.45, 7) is 2.88. The second-order valence-corrected chi connectivity index (χ2v) is 4.33. The Bertz CT molecular complexity index is 174. The van der Waals surface area contributed by atoms with Crippen LogP contribution >= 0.6 is 0 Å². The van der Waals surface area contributed by atoms with E-state index in [2.05, 4.69) is 12.2 Å². The van der Waals surface area contributed by atoms with E-state index >= 15 is 0 Å². The normalized spacial score (nSPS) is 27.3. The topological polar surface area (TPSA) is 55.1 Å². The van der Waals surface area contributed by atoms with Crippen molar-refractivity contribution < 1.29 is 4.79 Å². The van der Waals surface area contributed by atoms with Gasteiger partial charge < -0.3 is 11.1 Å². The van der Waals surface area contributed by atoms with E-state index in [-0.39, 0.29) is 5.91 Å². The standard InChI is InChI=1S/C11H22N2O/c1-2-7-13-11(14)8-9-3-5-10(12)6-4-9/h9-10H,2-8,12H2,1H3,(H,13,14). The molecule has 14 heavy (non-hydrogen) atoms. The van der Waals surface area contributed by atoms with E-state index in [4.69, 9.17) is 5.73 Å². The third-order valence-corrected chi connectivity index (χ3v) is 2.94. The first-order valence-electron chi connectivity index (χ1n) is 5.74. The Kier molecular flexibility index (Phi) is 4.94. The summed E-state index contributed by atoms with van der Waals surface area (Å²) in [5.74, 6) is 0.791. The molecule has 0 aromatic rings. The number of carbonyl (C=O) groups is 1. The van der Waals surface area contributed by atoms with Crippen molar-refractivity contribution in [3.8, 4) is 0 Å². The lowest BCUT2D eigenvalue weighted by Crippen LogP contribution is -2.31. The molecule has 1 saturated carbocycles. The molecular formula is C11H22N2O. The maximum absolute atomic E-state index is 11.4. The highest BCUT2D eigenvalue weighted by molar-refractivity contribution is 5.76. The van der Waals surface area contributed by atoms with Crippen molar-refractivity contribution in [2.24, 2.45) is 11.7 Å². The summed E-state index contributed by atoms with van der Waals surface area (Å²) >= 11 is 0. The van der Waals surface area contributed by atoms with E-state index in [0.29, 0.717) is 18.4 Å². The summed E-state index contributed by atoms with van der Waals surface area (Å²) in [7, 11) is 0. The third kappa shape index (κ3) is 4.09. The molecule has 0 spiro atoms. The van der Waals surface area contributed by atoms with Gasteiger partial charge in [-0.3, -0.25) is 4.79 Å². The second kappa shape index (κ2) is 6.02. The molecule has 0 aliphatic heterocycles. The van der Waals surface area contributed by atoms with Crippen LogP contribution in [0, 0.1) is 5.92 Å². The molecule has 1 aliphatic carbocycles. The molecular weight excluding hydrogens is 176 g/mol. The molecule has 0 bridgehead atoms. The fourth-order valence-electron chi connectivity index (χ4n) is 1.99. The Hall–Kier alpha value is -0.570. The lowest BCUT2D eigenvalue weighted by atomic mass is 9.84. The smallest absolute Gasteiger partial charge is 0.220 e. The molecule has 0 saturated heterocycles. The van der Waals surface area contributed by atoms with E-state index < -0.39 is 0 Å². The maximum atomic E-state index is 11.4. The largest absolute Gasteiger partial charge is 0.356 e. The maximum Gasteiger partial charge on any atom is 0.220 e. The van der Waals surface area contributed by atoms with Gasteiger partial charge in [0.1, 0.15) is 0 Å².